The highest BCUT2D eigenvalue weighted by molar-refractivity contribution is 5.76. The van der Waals surface area contributed by atoms with Crippen molar-refractivity contribution in [3.63, 3.8) is 0 Å². The predicted octanol–water partition coefficient (Wildman–Crippen LogP) is 4.04. The maximum absolute atomic E-state index is 12.9. The van der Waals surface area contributed by atoms with Crippen molar-refractivity contribution < 1.29 is 64.6 Å². The third kappa shape index (κ3) is 20.2. The van der Waals surface area contributed by atoms with Crippen LogP contribution >= 0.6 is 0 Å². The first kappa shape index (κ1) is 51.9. The van der Waals surface area contributed by atoms with Crippen molar-refractivity contribution >= 4 is 5.91 Å². The lowest BCUT2D eigenvalue weighted by atomic mass is 9.97. The number of rotatable bonds is 33. The van der Waals surface area contributed by atoms with Crippen molar-refractivity contribution in [1.82, 2.24) is 5.32 Å². The van der Waals surface area contributed by atoms with Gasteiger partial charge in [-0.2, -0.15) is 0 Å². The van der Waals surface area contributed by atoms with Gasteiger partial charge in [0.05, 0.1) is 32.0 Å². The van der Waals surface area contributed by atoms with Gasteiger partial charge in [-0.15, -0.1) is 0 Å². The first-order valence-corrected chi connectivity index (χ1v) is 22.4. The van der Waals surface area contributed by atoms with E-state index in [1.807, 2.05) is 6.08 Å². The van der Waals surface area contributed by atoms with Crippen molar-refractivity contribution in [3.8, 4) is 0 Å². The number of nitrogens with one attached hydrogen (secondary N) is 1. The molecule has 0 bridgehead atoms. The summed E-state index contributed by atoms with van der Waals surface area (Å²) in [6.07, 6.45) is 13.2. The fraction of sp³-hybridized carbons (Fsp3) is 0.930. The smallest absolute Gasteiger partial charge is 0.220 e. The van der Waals surface area contributed by atoms with Gasteiger partial charge in [-0.1, -0.05) is 148 Å². The summed E-state index contributed by atoms with van der Waals surface area (Å²) in [6.45, 7) is 2.67. The minimum Gasteiger partial charge on any atom is -0.394 e. The van der Waals surface area contributed by atoms with Crippen LogP contribution in [0.1, 0.15) is 162 Å². The standard InChI is InChI=1S/C43H81NO13/c1-3-5-7-9-10-11-12-13-14-15-16-17-18-19-20-21-23-24-26-32(47)31(44-35(48)27-25-22-8-6-4-2)30-54-42-40(53)38(51)41(34(29-46)56-42)57-43-39(52)37(50)36(49)33(28-45)55-43/h24,26,31-34,36-43,45-47,49-53H,3-23,25,27-30H2,1-2H3,(H,44,48)/b26-24+. The van der Waals surface area contributed by atoms with Crippen LogP contribution < -0.4 is 5.32 Å². The van der Waals surface area contributed by atoms with Crippen molar-refractivity contribution in [1.29, 1.82) is 0 Å². The van der Waals surface area contributed by atoms with Gasteiger partial charge in [-0.25, -0.2) is 0 Å². The van der Waals surface area contributed by atoms with E-state index < -0.39 is 86.8 Å². The highest BCUT2D eigenvalue weighted by Crippen LogP contribution is 2.30. The van der Waals surface area contributed by atoms with Gasteiger partial charge in [0.1, 0.15) is 48.8 Å². The minimum absolute atomic E-state index is 0.253. The molecule has 1 amide bonds. The Morgan fingerprint density at radius 1 is 0.614 bits per heavy atom. The molecule has 336 valence electrons. The molecular formula is C43H81NO13. The molecule has 0 spiro atoms. The van der Waals surface area contributed by atoms with Crippen LogP contribution in [-0.4, -0.2) is 140 Å². The molecule has 14 nitrogen and oxygen atoms in total. The summed E-state index contributed by atoms with van der Waals surface area (Å²) in [7, 11) is 0. The fourth-order valence-electron chi connectivity index (χ4n) is 7.47. The topological polar surface area (TPSA) is 228 Å². The molecule has 0 aromatic carbocycles. The highest BCUT2D eigenvalue weighted by Gasteiger charge is 2.50. The summed E-state index contributed by atoms with van der Waals surface area (Å²) in [5.74, 6) is -0.253. The maximum Gasteiger partial charge on any atom is 0.220 e. The molecule has 0 saturated carbocycles. The third-order valence-electron chi connectivity index (χ3n) is 11.2. The molecule has 0 aliphatic carbocycles. The molecule has 2 rings (SSSR count). The summed E-state index contributed by atoms with van der Waals surface area (Å²) in [5, 5.41) is 86.1. The summed E-state index contributed by atoms with van der Waals surface area (Å²) in [5.41, 5.74) is 0. The highest BCUT2D eigenvalue weighted by atomic mass is 16.7. The molecule has 14 heteroatoms. The van der Waals surface area contributed by atoms with Gasteiger partial charge in [0.15, 0.2) is 12.6 Å². The second kappa shape index (κ2) is 31.6. The molecule has 2 heterocycles. The molecule has 2 saturated heterocycles. The van der Waals surface area contributed by atoms with E-state index in [4.69, 9.17) is 18.9 Å². The van der Waals surface area contributed by atoms with Crippen LogP contribution in [0.3, 0.4) is 0 Å². The number of allylic oxidation sites excluding steroid dienone is 1. The zero-order valence-corrected chi connectivity index (χ0v) is 35.1. The van der Waals surface area contributed by atoms with Crippen LogP contribution in [0.15, 0.2) is 12.2 Å². The number of carbonyl (C=O) groups is 1. The summed E-state index contributed by atoms with van der Waals surface area (Å²) >= 11 is 0. The Hall–Kier alpha value is -1.27. The van der Waals surface area contributed by atoms with Crippen LogP contribution in [0.25, 0.3) is 0 Å². The number of unbranched alkanes of at least 4 members (excludes halogenated alkanes) is 20. The summed E-state index contributed by atoms with van der Waals surface area (Å²) in [4.78, 5) is 12.9. The number of ether oxygens (including phenoxy) is 4. The lowest BCUT2D eigenvalue weighted by Crippen LogP contribution is -2.65. The van der Waals surface area contributed by atoms with Crippen LogP contribution in [0.5, 0.6) is 0 Å². The third-order valence-corrected chi connectivity index (χ3v) is 11.2. The van der Waals surface area contributed by atoms with Gasteiger partial charge >= 0.3 is 0 Å². The lowest BCUT2D eigenvalue weighted by molar-refractivity contribution is -0.359. The number of carbonyl (C=O) groups excluding carboxylic acids is 1. The summed E-state index contributed by atoms with van der Waals surface area (Å²) in [6, 6.07) is -0.904. The van der Waals surface area contributed by atoms with E-state index in [1.165, 1.54) is 89.9 Å². The van der Waals surface area contributed by atoms with E-state index in [9.17, 15) is 45.6 Å². The Labute approximate surface area is 342 Å². The fourth-order valence-corrected chi connectivity index (χ4v) is 7.47. The average molecular weight is 820 g/mol. The van der Waals surface area contributed by atoms with E-state index in [2.05, 4.69) is 19.2 Å². The second-order valence-corrected chi connectivity index (χ2v) is 16.2. The maximum atomic E-state index is 12.9. The predicted molar refractivity (Wildman–Crippen MR) is 217 cm³/mol. The van der Waals surface area contributed by atoms with Crippen LogP contribution in [0.2, 0.25) is 0 Å². The van der Waals surface area contributed by atoms with E-state index in [0.29, 0.717) is 6.42 Å². The van der Waals surface area contributed by atoms with Gasteiger partial charge in [0.2, 0.25) is 5.91 Å². The number of aliphatic hydroxyl groups is 8. The molecule has 57 heavy (non-hydrogen) atoms. The monoisotopic (exact) mass is 820 g/mol. The van der Waals surface area contributed by atoms with Gasteiger partial charge in [0.25, 0.3) is 0 Å². The van der Waals surface area contributed by atoms with Crippen molar-refractivity contribution in [2.45, 2.75) is 235 Å². The van der Waals surface area contributed by atoms with Crippen molar-refractivity contribution in [2.75, 3.05) is 19.8 Å². The van der Waals surface area contributed by atoms with E-state index in [0.717, 1.165) is 44.9 Å². The minimum atomic E-state index is -1.78. The van der Waals surface area contributed by atoms with Gasteiger partial charge in [-0.3, -0.25) is 4.79 Å². The van der Waals surface area contributed by atoms with Crippen molar-refractivity contribution in [3.05, 3.63) is 12.2 Å². The number of amides is 1. The molecule has 0 aromatic rings. The molecular weight excluding hydrogens is 738 g/mol. The Morgan fingerprint density at radius 3 is 1.61 bits per heavy atom. The van der Waals surface area contributed by atoms with Gasteiger partial charge in [0, 0.05) is 6.42 Å². The van der Waals surface area contributed by atoms with Crippen LogP contribution in [0.4, 0.5) is 0 Å². The Morgan fingerprint density at radius 2 is 1.09 bits per heavy atom. The lowest BCUT2D eigenvalue weighted by Gasteiger charge is -2.46. The second-order valence-electron chi connectivity index (χ2n) is 16.2. The Balaban J connectivity index is 1.83. The molecule has 12 atom stereocenters. The molecule has 9 N–H and O–H groups in total. The van der Waals surface area contributed by atoms with Crippen LogP contribution in [0, 0.1) is 0 Å². The zero-order valence-electron chi connectivity index (χ0n) is 35.1. The molecule has 2 aliphatic heterocycles. The van der Waals surface area contributed by atoms with Crippen LogP contribution in [-0.2, 0) is 23.7 Å². The molecule has 0 aromatic heterocycles. The number of hydrogen-bond donors (Lipinski definition) is 9. The SMILES string of the molecule is CCCCCCCCCCCCCCCCCC/C=C/C(O)C(COC1OC(CO)C(OC2OC(CO)C(O)C(O)C2O)C(O)C1O)NC(=O)CCCCCCC. The quantitative estimate of drug-likeness (QED) is 0.0337. The Bertz CT molecular complexity index is 1020. The molecule has 12 unspecified atom stereocenters. The van der Waals surface area contributed by atoms with Gasteiger partial charge < -0.3 is 65.1 Å². The average Bonchev–Trinajstić information content (AvgIpc) is 3.21. The van der Waals surface area contributed by atoms with E-state index >= 15 is 0 Å². The number of hydrogen-bond acceptors (Lipinski definition) is 13. The van der Waals surface area contributed by atoms with E-state index in [1.54, 1.807) is 6.08 Å². The largest absolute Gasteiger partial charge is 0.394 e. The first-order valence-electron chi connectivity index (χ1n) is 22.4. The van der Waals surface area contributed by atoms with Crippen molar-refractivity contribution in [2.24, 2.45) is 0 Å². The normalized spacial score (nSPS) is 29.2. The van der Waals surface area contributed by atoms with Gasteiger partial charge in [-0.05, 0) is 19.3 Å². The zero-order chi connectivity index (χ0) is 41.8. The summed E-state index contributed by atoms with van der Waals surface area (Å²) < 4.78 is 22.5. The molecule has 2 fully saturated rings. The Kier molecular flexibility index (Phi) is 28.7. The molecule has 0 radical (unpaired) electrons. The number of aliphatic hydroxyl groups excluding tert-OH is 8. The molecule has 2 aliphatic rings. The van der Waals surface area contributed by atoms with E-state index in [-0.39, 0.29) is 18.9 Å². The first-order chi connectivity index (χ1) is 27.6.